The number of hydrogen-bond acceptors (Lipinski definition) is 10. The zero-order chi connectivity index (χ0) is 45.4. The SMILES string of the molecule is CO.COC(=O)NC(C(=O)N1CCCC1c1nc2ccc(-c3sc(-c4ccc(-c5cnc(C6CCCN6C(=O)C(N)C(C)C)[nH]5)cc4)c4c3CC3(CCCC3)C4)cc2c(=O)[nH]1)C(C)C. The summed E-state index contributed by atoms with van der Waals surface area (Å²) in [4.78, 5) is 75.4. The number of rotatable bonds is 10. The van der Waals surface area contributed by atoms with Gasteiger partial charge in [0.05, 0.1) is 48.0 Å². The minimum absolute atomic E-state index is 0.0119. The molecule has 9 rings (SSSR count). The van der Waals surface area contributed by atoms with Crippen LogP contribution in [-0.2, 0) is 27.2 Å². The standard InChI is InChI=1S/C48H58N8O5S.CH4O/c1-26(2)38(49)45(58)55-20-8-10-36(55)42-50-25-35(52-42)28-12-14-29(15-13-28)40-32-23-48(18-6-7-19-48)24-33(32)41(62-40)30-16-17-34-31(22-30)44(57)54-43(51-34)37-11-9-21-56(37)46(59)39(27(3)4)53-47(60)61-5;1-2/h12-17,22,25-27,36-39H,6-11,18-21,23-24,49H2,1-5H3,(H,50,52)(H,53,60)(H,51,54,57);2H,1H3. The number of H-pyrrole nitrogens is 2. The molecule has 2 saturated heterocycles. The molecule has 1 saturated carbocycles. The van der Waals surface area contributed by atoms with Crippen LogP contribution in [-0.4, -0.2) is 92.1 Å². The van der Waals surface area contributed by atoms with Crippen LogP contribution in [0.1, 0.15) is 114 Å². The van der Waals surface area contributed by atoms with Crippen molar-refractivity contribution in [3.8, 4) is 32.1 Å². The van der Waals surface area contributed by atoms with E-state index in [0.29, 0.717) is 41.7 Å². The monoisotopic (exact) mass is 890 g/mol. The van der Waals surface area contributed by atoms with Crippen LogP contribution >= 0.6 is 11.3 Å². The number of carbonyl (C=O) groups is 3. The van der Waals surface area contributed by atoms with Gasteiger partial charge in [-0.1, -0.05) is 70.9 Å². The first-order chi connectivity index (χ1) is 30.8. The van der Waals surface area contributed by atoms with E-state index < -0.39 is 24.2 Å². The first kappa shape index (κ1) is 45.2. The molecule has 4 unspecified atom stereocenters. The van der Waals surface area contributed by atoms with Crippen molar-refractivity contribution in [3.63, 3.8) is 0 Å². The maximum Gasteiger partial charge on any atom is 0.407 e. The second-order valence-electron chi connectivity index (χ2n) is 18.7. The third kappa shape index (κ3) is 8.49. The van der Waals surface area contributed by atoms with Crippen molar-refractivity contribution >= 4 is 40.1 Å². The maximum absolute atomic E-state index is 13.9. The number of benzene rings is 2. The molecule has 1 spiro atoms. The van der Waals surface area contributed by atoms with Gasteiger partial charge in [-0.2, -0.15) is 0 Å². The van der Waals surface area contributed by atoms with Gasteiger partial charge in [0.25, 0.3) is 5.56 Å². The topological polar surface area (TPSA) is 200 Å². The minimum Gasteiger partial charge on any atom is -0.453 e. The third-order valence-corrected chi connectivity index (χ3v) is 15.4. The number of methoxy groups -OCH3 is 1. The Labute approximate surface area is 378 Å². The molecule has 6 N–H and O–H groups in total. The second-order valence-corrected chi connectivity index (χ2v) is 19.7. The molecule has 5 aromatic rings. The minimum atomic E-state index is -0.761. The molecule has 4 aliphatic rings. The molecule has 0 bridgehead atoms. The van der Waals surface area contributed by atoms with Gasteiger partial charge in [-0.15, -0.1) is 11.3 Å². The number of hydrogen-bond donors (Lipinski definition) is 5. The zero-order valence-corrected chi connectivity index (χ0v) is 38.6. The van der Waals surface area contributed by atoms with Crippen LogP contribution in [0, 0.1) is 17.3 Å². The van der Waals surface area contributed by atoms with Crippen molar-refractivity contribution in [2.24, 2.45) is 23.0 Å². The molecular formula is C49H62N8O6S. The van der Waals surface area contributed by atoms with Gasteiger partial charge in [-0.3, -0.25) is 14.4 Å². The largest absolute Gasteiger partial charge is 0.453 e. The average molecular weight is 891 g/mol. The number of nitrogens with one attached hydrogen (secondary N) is 3. The van der Waals surface area contributed by atoms with E-state index in [1.54, 1.807) is 4.90 Å². The summed E-state index contributed by atoms with van der Waals surface area (Å²) < 4.78 is 4.79. The fraction of sp³-hybridized carbons (Fsp3) is 0.510. The molecule has 14 nitrogen and oxygen atoms in total. The number of aromatic amines is 2. The van der Waals surface area contributed by atoms with Crippen LogP contribution in [0.4, 0.5) is 4.79 Å². The number of fused-ring (bicyclic) bond motifs is 2. The molecule has 4 atom stereocenters. The van der Waals surface area contributed by atoms with Crippen LogP contribution in [0.25, 0.3) is 43.0 Å². The van der Waals surface area contributed by atoms with Gasteiger partial charge in [-0.25, -0.2) is 14.8 Å². The lowest BCUT2D eigenvalue weighted by Gasteiger charge is -2.30. The molecule has 3 aromatic heterocycles. The first-order valence-electron chi connectivity index (χ1n) is 22.8. The molecule has 15 heteroatoms. The predicted molar refractivity (Wildman–Crippen MR) is 250 cm³/mol. The van der Waals surface area contributed by atoms with Gasteiger partial charge in [0.2, 0.25) is 11.8 Å². The molecule has 2 aliphatic carbocycles. The Morgan fingerprint density at radius 3 is 2.05 bits per heavy atom. The number of likely N-dealkylation sites (tertiary alicyclic amines) is 2. The van der Waals surface area contributed by atoms with Gasteiger partial charge in [0.15, 0.2) is 0 Å². The van der Waals surface area contributed by atoms with Crippen molar-refractivity contribution in [2.45, 2.75) is 116 Å². The summed E-state index contributed by atoms with van der Waals surface area (Å²) in [5.74, 6) is 0.940. The highest BCUT2D eigenvalue weighted by Gasteiger charge is 2.43. The number of aliphatic hydroxyl groups excluding tert-OH is 1. The van der Waals surface area contributed by atoms with Gasteiger partial charge in [0.1, 0.15) is 17.7 Å². The Hall–Kier alpha value is -5.38. The van der Waals surface area contributed by atoms with E-state index in [2.05, 4.69) is 45.6 Å². The summed E-state index contributed by atoms with van der Waals surface area (Å²) >= 11 is 1.81. The molecule has 0 radical (unpaired) electrons. The number of thiophene rings is 1. The highest BCUT2D eigenvalue weighted by Crippen LogP contribution is 2.56. The lowest BCUT2D eigenvalue weighted by molar-refractivity contribution is -0.136. The Morgan fingerprint density at radius 1 is 0.828 bits per heavy atom. The van der Waals surface area contributed by atoms with E-state index in [1.807, 2.05) is 62.3 Å². The summed E-state index contributed by atoms with van der Waals surface area (Å²) in [6, 6.07) is 13.0. The number of aromatic nitrogens is 4. The number of nitrogens with two attached hydrogens (primary N) is 1. The molecule has 64 heavy (non-hydrogen) atoms. The summed E-state index contributed by atoms with van der Waals surface area (Å²) in [5.41, 5.74) is 13.9. The van der Waals surface area contributed by atoms with E-state index in [4.69, 9.17) is 25.5 Å². The summed E-state index contributed by atoms with van der Waals surface area (Å²) in [6.45, 7) is 8.92. The van der Waals surface area contributed by atoms with E-state index in [1.165, 1.54) is 59.2 Å². The van der Waals surface area contributed by atoms with Crippen LogP contribution in [0.5, 0.6) is 0 Å². The fourth-order valence-corrected chi connectivity index (χ4v) is 11.9. The highest BCUT2D eigenvalue weighted by molar-refractivity contribution is 7.19. The third-order valence-electron chi connectivity index (χ3n) is 14.0. The van der Waals surface area contributed by atoms with E-state index >= 15 is 0 Å². The number of carbonyl (C=O) groups excluding carboxylic acids is 3. The summed E-state index contributed by atoms with van der Waals surface area (Å²) in [6.07, 6.45) is 11.5. The molecule has 340 valence electrons. The van der Waals surface area contributed by atoms with Crippen molar-refractivity contribution in [3.05, 3.63) is 81.8 Å². The van der Waals surface area contributed by atoms with Gasteiger partial charge in [-0.05, 0) is 109 Å². The second kappa shape index (κ2) is 18.6. The molecular weight excluding hydrogens is 829 g/mol. The van der Waals surface area contributed by atoms with Gasteiger partial charge < -0.3 is 40.7 Å². The molecule has 2 aromatic carbocycles. The fourth-order valence-electron chi connectivity index (χ4n) is 10.5. The maximum atomic E-state index is 13.9. The Balaban J connectivity index is 0.00000276. The van der Waals surface area contributed by atoms with Gasteiger partial charge >= 0.3 is 6.09 Å². The van der Waals surface area contributed by atoms with Crippen molar-refractivity contribution < 1.29 is 24.2 Å². The van der Waals surface area contributed by atoms with Crippen molar-refractivity contribution in [1.82, 2.24) is 35.1 Å². The van der Waals surface area contributed by atoms with Crippen molar-refractivity contribution in [1.29, 1.82) is 0 Å². The lowest BCUT2D eigenvalue weighted by atomic mass is 9.83. The number of ether oxygens (including phenoxy) is 1. The van der Waals surface area contributed by atoms with Crippen LogP contribution in [0.15, 0.2) is 53.5 Å². The Morgan fingerprint density at radius 2 is 1.42 bits per heavy atom. The number of nitrogens with zero attached hydrogens (tertiary/aromatic N) is 4. The number of amides is 3. The smallest absolute Gasteiger partial charge is 0.407 e. The van der Waals surface area contributed by atoms with Crippen LogP contribution < -0.4 is 16.6 Å². The predicted octanol–water partition coefficient (Wildman–Crippen LogP) is 7.67. The molecule has 5 heterocycles. The van der Waals surface area contributed by atoms with Crippen LogP contribution in [0.2, 0.25) is 0 Å². The summed E-state index contributed by atoms with van der Waals surface area (Å²) in [5, 5.41) is 10.2. The van der Waals surface area contributed by atoms with E-state index in [9.17, 15) is 19.2 Å². The molecule has 3 amide bonds. The van der Waals surface area contributed by atoms with Crippen LogP contribution in [0.3, 0.4) is 0 Å². The van der Waals surface area contributed by atoms with Gasteiger partial charge in [0, 0.05) is 30.0 Å². The molecule has 2 aliphatic heterocycles. The molecule has 3 fully saturated rings. The quantitative estimate of drug-likeness (QED) is 0.0934. The van der Waals surface area contributed by atoms with E-state index in [0.717, 1.165) is 61.9 Å². The number of imidazole rings is 1. The summed E-state index contributed by atoms with van der Waals surface area (Å²) in [7, 11) is 2.28. The average Bonchev–Trinajstić information content (AvgIpc) is 4.17. The highest BCUT2D eigenvalue weighted by atomic mass is 32.1. The Kier molecular flexibility index (Phi) is 13.1. The Bertz CT molecular complexity index is 2570. The first-order valence-corrected chi connectivity index (χ1v) is 23.7. The zero-order valence-electron chi connectivity index (χ0n) is 37.8. The van der Waals surface area contributed by atoms with Crippen molar-refractivity contribution in [2.75, 3.05) is 27.3 Å². The van der Waals surface area contributed by atoms with E-state index in [-0.39, 0.29) is 35.3 Å². The number of aliphatic hydroxyl groups is 1. The normalized spacial score (nSPS) is 19.9. The number of alkyl carbamates (subject to hydrolysis) is 1. The lowest BCUT2D eigenvalue weighted by Crippen LogP contribution is -2.51.